The number of carbonyl (C=O) groups excluding carboxylic acids is 1. The van der Waals surface area contributed by atoms with Crippen molar-refractivity contribution in [2.45, 2.75) is 19.9 Å². The van der Waals surface area contributed by atoms with Crippen molar-refractivity contribution in [2.24, 2.45) is 0 Å². The summed E-state index contributed by atoms with van der Waals surface area (Å²) in [6.45, 7) is 4.85. The molecule has 2 aromatic carbocycles. The Morgan fingerprint density at radius 2 is 2.00 bits per heavy atom. The molecular weight excluding hydrogens is 342 g/mol. The van der Waals surface area contributed by atoms with E-state index in [2.05, 4.69) is 16.3 Å². The number of aryl methyl sites for hydroxylation is 1. The summed E-state index contributed by atoms with van der Waals surface area (Å²) >= 11 is 0. The monoisotopic (exact) mass is 365 g/mol. The topological polar surface area (TPSA) is 67.6 Å². The van der Waals surface area contributed by atoms with Crippen molar-refractivity contribution in [1.82, 2.24) is 15.2 Å². The smallest absolute Gasteiger partial charge is 0.227 e. The van der Waals surface area contributed by atoms with E-state index >= 15 is 0 Å². The number of oxazole rings is 1. The molecule has 0 bridgehead atoms. The van der Waals surface area contributed by atoms with Gasteiger partial charge in [-0.15, -0.1) is 0 Å². The van der Waals surface area contributed by atoms with E-state index in [0.29, 0.717) is 25.4 Å². The molecule has 1 saturated heterocycles. The maximum Gasteiger partial charge on any atom is 0.227 e. The molecule has 0 spiro atoms. The molecule has 1 aliphatic heterocycles. The third kappa shape index (κ3) is 3.53. The molecule has 0 unspecified atom stereocenters. The fourth-order valence-corrected chi connectivity index (χ4v) is 3.51. The van der Waals surface area contributed by atoms with Gasteiger partial charge in [-0.25, -0.2) is 4.98 Å². The second-order valence-electron chi connectivity index (χ2n) is 6.76. The quantitative estimate of drug-likeness (QED) is 0.769. The molecule has 1 aliphatic rings. The second kappa shape index (κ2) is 7.40. The number of methoxy groups -OCH3 is 1. The van der Waals surface area contributed by atoms with Crippen molar-refractivity contribution in [1.29, 1.82) is 0 Å². The molecule has 0 atom stereocenters. The van der Waals surface area contributed by atoms with Gasteiger partial charge in [0.25, 0.3) is 0 Å². The van der Waals surface area contributed by atoms with E-state index in [1.54, 1.807) is 7.11 Å². The van der Waals surface area contributed by atoms with E-state index in [0.717, 1.165) is 46.6 Å². The number of carbonyl (C=O) groups is 1. The number of benzene rings is 2. The molecule has 140 valence electrons. The normalized spacial score (nSPS) is 15.6. The number of nitrogens with one attached hydrogen (secondary N) is 1. The number of nitrogens with zero attached hydrogens (tertiary/aromatic N) is 2. The van der Waals surface area contributed by atoms with Gasteiger partial charge >= 0.3 is 0 Å². The van der Waals surface area contributed by atoms with Gasteiger partial charge in [-0.3, -0.25) is 9.69 Å². The van der Waals surface area contributed by atoms with E-state index in [-0.39, 0.29) is 5.91 Å². The van der Waals surface area contributed by atoms with Crippen molar-refractivity contribution < 1.29 is 13.9 Å². The Labute approximate surface area is 158 Å². The number of hydrogen-bond acceptors (Lipinski definition) is 5. The number of hydrogen-bond donors (Lipinski definition) is 1. The van der Waals surface area contributed by atoms with Crippen LogP contribution in [0.3, 0.4) is 0 Å². The second-order valence-corrected chi connectivity index (χ2v) is 6.76. The zero-order chi connectivity index (χ0) is 18.8. The summed E-state index contributed by atoms with van der Waals surface area (Å²) in [7, 11) is 1.68. The minimum Gasteiger partial charge on any atom is -0.496 e. The predicted molar refractivity (Wildman–Crippen MR) is 104 cm³/mol. The molecule has 4 rings (SSSR count). The first-order valence-corrected chi connectivity index (χ1v) is 9.17. The van der Waals surface area contributed by atoms with Gasteiger partial charge in [0.2, 0.25) is 11.8 Å². The van der Waals surface area contributed by atoms with Gasteiger partial charge in [-0.1, -0.05) is 24.3 Å². The van der Waals surface area contributed by atoms with Crippen LogP contribution in [0, 0.1) is 6.92 Å². The van der Waals surface area contributed by atoms with Crippen LogP contribution in [0.4, 0.5) is 0 Å². The maximum atomic E-state index is 11.5. The molecule has 3 aromatic rings. The molecule has 27 heavy (non-hydrogen) atoms. The summed E-state index contributed by atoms with van der Waals surface area (Å²) in [5, 5.41) is 4.99. The summed E-state index contributed by atoms with van der Waals surface area (Å²) in [6.07, 6.45) is 0.521. The zero-order valence-corrected chi connectivity index (χ0v) is 15.6. The Hall–Kier alpha value is -2.86. The number of fused-ring (bicyclic) bond motifs is 1. The van der Waals surface area contributed by atoms with Crippen LogP contribution in [-0.4, -0.2) is 42.5 Å². The van der Waals surface area contributed by atoms with Crippen LogP contribution in [-0.2, 0) is 11.3 Å². The molecule has 0 aliphatic carbocycles. The average Bonchev–Trinajstić information content (AvgIpc) is 2.91. The molecule has 0 saturated carbocycles. The molecule has 1 N–H and O–H groups in total. The number of aromatic nitrogens is 1. The lowest BCUT2D eigenvalue weighted by molar-refractivity contribution is -0.120. The Morgan fingerprint density at radius 3 is 2.81 bits per heavy atom. The lowest BCUT2D eigenvalue weighted by Crippen LogP contribution is -2.28. The fourth-order valence-electron chi connectivity index (χ4n) is 3.51. The number of rotatable bonds is 4. The number of ether oxygens (including phenoxy) is 1. The maximum absolute atomic E-state index is 11.5. The van der Waals surface area contributed by atoms with Gasteiger partial charge < -0.3 is 14.5 Å². The first kappa shape index (κ1) is 17.5. The molecule has 1 fully saturated rings. The highest BCUT2D eigenvalue weighted by Gasteiger charge is 2.19. The highest BCUT2D eigenvalue weighted by molar-refractivity contribution is 5.98. The zero-order valence-electron chi connectivity index (χ0n) is 15.6. The van der Waals surface area contributed by atoms with Crippen molar-refractivity contribution in [3.8, 4) is 17.2 Å². The summed E-state index contributed by atoms with van der Waals surface area (Å²) in [4.78, 5) is 18.5. The van der Waals surface area contributed by atoms with Gasteiger partial charge in [0.15, 0.2) is 0 Å². The van der Waals surface area contributed by atoms with E-state index in [1.807, 2.05) is 37.3 Å². The minimum absolute atomic E-state index is 0.111. The lowest BCUT2D eigenvalue weighted by atomic mass is 10.0. The van der Waals surface area contributed by atoms with Gasteiger partial charge in [-0.05, 0) is 24.4 Å². The van der Waals surface area contributed by atoms with Crippen molar-refractivity contribution in [2.75, 3.05) is 26.7 Å². The van der Waals surface area contributed by atoms with Crippen LogP contribution >= 0.6 is 0 Å². The highest BCUT2D eigenvalue weighted by atomic mass is 16.5. The van der Waals surface area contributed by atoms with E-state index in [9.17, 15) is 4.79 Å². The minimum atomic E-state index is 0.111. The highest BCUT2D eigenvalue weighted by Crippen LogP contribution is 2.34. The largest absolute Gasteiger partial charge is 0.496 e. The third-order valence-electron chi connectivity index (χ3n) is 5.01. The Balaban J connectivity index is 1.66. The molecule has 1 amide bonds. The standard InChI is InChI=1S/C21H23N3O3/c1-14-18(13-24-11-9-20(25)22-10-12-24)23-21(27-14)17-7-8-19(26-2)16-6-4-3-5-15(16)17/h3-8H,9-13H2,1-2H3,(H,22,25). The van der Waals surface area contributed by atoms with Crippen LogP contribution < -0.4 is 10.1 Å². The molecule has 1 aromatic heterocycles. The Kier molecular flexibility index (Phi) is 4.81. The van der Waals surface area contributed by atoms with E-state index < -0.39 is 0 Å². The summed E-state index contributed by atoms with van der Waals surface area (Å²) in [5.74, 6) is 2.37. The van der Waals surface area contributed by atoms with Crippen molar-refractivity contribution in [3.05, 3.63) is 47.9 Å². The van der Waals surface area contributed by atoms with Crippen LogP contribution in [0.25, 0.3) is 22.2 Å². The van der Waals surface area contributed by atoms with Gasteiger partial charge in [0, 0.05) is 43.5 Å². The van der Waals surface area contributed by atoms with E-state index in [4.69, 9.17) is 14.1 Å². The molecular formula is C21H23N3O3. The van der Waals surface area contributed by atoms with Crippen LogP contribution in [0.2, 0.25) is 0 Å². The van der Waals surface area contributed by atoms with Gasteiger partial charge in [0.05, 0.1) is 12.8 Å². The third-order valence-corrected chi connectivity index (χ3v) is 5.01. The summed E-state index contributed by atoms with van der Waals surface area (Å²) < 4.78 is 11.5. The first-order valence-electron chi connectivity index (χ1n) is 9.17. The summed E-state index contributed by atoms with van der Waals surface area (Å²) in [5.41, 5.74) is 1.87. The Bertz CT molecular complexity index is 980. The van der Waals surface area contributed by atoms with Crippen molar-refractivity contribution in [3.63, 3.8) is 0 Å². The van der Waals surface area contributed by atoms with Crippen molar-refractivity contribution >= 4 is 16.7 Å². The SMILES string of the molecule is COc1ccc(-c2nc(CN3CCNC(=O)CC3)c(C)o2)c2ccccc12. The molecule has 6 nitrogen and oxygen atoms in total. The molecule has 6 heteroatoms. The predicted octanol–water partition coefficient (Wildman–Crippen LogP) is 3.13. The Morgan fingerprint density at radius 1 is 1.19 bits per heavy atom. The van der Waals surface area contributed by atoms with Crippen LogP contribution in [0.1, 0.15) is 17.9 Å². The van der Waals surface area contributed by atoms with Crippen LogP contribution in [0.5, 0.6) is 5.75 Å². The lowest BCUT2D eigenvalue weighted by Gasteiger charge is -2.17. The molecule has 0 radical (unpaired) electrons. The van der Waals surface area contributed by atoms with Gasteiger partial charge in [0.1, 0.15) is 11.5 Å². The van der Waals surface area contributed by atoms with Gasteiger partial charge in [-0.2, -0.15) is 0 Å². The first-order chi connectivity index (χ1) is 13.2. The summed E-state index contributed by atoms with van der Waals surface area (Å²) in [6, 6.07) is 12.0. The van der Waals surface area contributed by atoms with Crippen LogP contribution in [0.15, 0.2) is 40.8 Å². The molecule has 2 heterocycles. The fraction of sp³-hybridized carbons (Fsp3) is 0.333. The average molecular weight is 365 g/mol. The van der Waals surface area contributed by atoms with E-state index in [1.165, 1.54) is 0 Å². The number of amides is 1.